The minimum absolute atomic E-state index is 0.170. The predicted octanol–water partition coefficient (Wildman–Crippen LogP) is 3.54. The molecule has 0 radical (unpaired) electrons. The number of carbonyl (C=O) groups is 1. The van der Waals surface area contributed by atoms with Crippen LogP contribution in [-0.4, -0.2) is 40.6 Å². The zero-order valence-corrected chi connectivity index (χ0v) is 17.0. The molecule has 0 bridgehead atoms. The molecule has 0 aliphatic carbocycles. The molecule has 1 heterocycles. The maximum Gasteiger partial charge on any atom is 0.234 e. The Bertz CT molecular complexity index is 987. The van der Waals surface area contributed by atoms with Crippen molar-refractivity contribution in [1.82, 2.24) is 14.8 Å². The third-order valence-corrected chi connectivity index (χ3v) is 5.14. The highest BCUT2D eigenvalue weighted by atomic mass is 32.2. The van der Waals surface area contributed by atoms with Crippen molar-refractivity contribution in [2.45, 2.75) is 12.1 Å². The van der Waals surface area contributed by atoms with E-state index in [0.29, 0.717) is 22.3 Å². The minimum Gasteiger partial charge on any atom is -0.497 e. The fraction of sp³-hybridized carbons (Fsp3) is 0.250. The van der Waals surface area contributed by atoms with Crippen LogP contribution in [0.5, 0.6) is 11.5 Å². The first kappa shape index (κ1) is 19.8. The van der Waals surface area contributed by atoms with Gasteiger partial charge in [-0.25, -0.2) is 0 Å². The molecular weight excluding hydrogens is 376 g/mol. The van der Waals surface area contributed by atoms with Gasteiger partial charge in [0.15, 0.2) is 11.0 Å². The van der Waals surface area contributed by atoms with Crippen LogP contribution in [0, 0.1) is 6.92 Å². The number of amides is 1. The number of hydrogen-bond acceptors (Lipinski definition) is 6. The second kappa shape index (κ2) is 8.79. The summed E-state index contributed by atoms with van der Waals surface area (Å²) in [5.41, 5.74) is 2.71. The molecule has 28 heavy (non-hydrogen) atoms. The van der Waals surface area contributed by atoms with E-state index in [9.17, 15) is 4.79 Å². The van der Waals surface area contributed by atoms with Crippen molar-refractivity contribution in [2.75, 3.05) is 25.3 Å². The Morgan fingerprint density at radius 2 is 1.96 bits per heavy atom. The van der Waals surface area contributed by atoms with Gasteiger partial charge in [-0.05, 0) is 25.1 Å². The molecule has 1 N–H and O–H groups in total. The summed E-state index contributed by atoms with van der Waals surface area (Å²) in [6, 6.07) is 13.3. The molecule has 1 amide bonds. The van der Waals surface area contributed by atoms with Gasteiger partial charge in [-0.3, -0.25) is 4.79 Å². The van der Waals surface area contributed by atoms with Crippen molar-refractivity contribution >= 4 is 23.4 Å². The molecule has 0 saturated heterocycles. The smallest absolute Gasteiger partial charge is 0.234 e. The van der Waals surface area contributed by atoms with E-state index in [1.54, 1.807) is 32.4 Å². The van der Waals surface area contributed by atoms with E-state index >= 15 is 0 Å². The fourth-order valence-corrected chi connectivity index (χ4v) is 3.42. The van der Waals surface area contributed by atoms with Gasteiger partial charge < -0.3 is 19.4 Å². The van der Waals surface area contributed by atoms with Crippen molar-refractivity contribution < 1.29 is 14.3 Å². The van der Waals surface area contributed by atoms with Crippen LogP contribution in [0.1, 0.15) is 5.56 Å². The molecule has 0 fully saturated rings. The lowest BCUT2D eigenvalue weighted by atomic mass is 10.1. The summed E-state index contributed by atoms with van der Waals surface area (Å²) in [4.78, 5) is 12.4. The Kier molecular flexibility index (Phi) is 6.20. The van der Waals surface area contributed by atoms with Crippen LogP contribution >= 0.6 is 11.8 Å². The van der Waals surface area contributed by atoms with Crippen LogP contribution in [0.2, 0.25) is 0 Å². The Morgan fingerprint density at radius 3 is 2.68 bits per heavy atom. The first-order chi connectivity index (χ1) is 13.5. The van der Waals surface area contributed by atoms with Crippen molar-refractivity contribution in [3.8, 4) is 22.9 Å². The largest absolute Gasteiger partial charge is 0.497 e. The number of ether oxygens (including phenoxy) is 2. The molecule has 8 heteroatoms. The summed E-state index contributed by atoms with van der Waals surface area (Å²) in [5, 5.41) is 12.0. The van der Waals surface area contributed by atoms with E-state index in [2.05, 4.69) is 21.6 Å². The molecule has 0 spiro atoms. The Balaban J connectivity index is 1.67. The molecule has 146 valence electrons. The molecule has 2 aromatic carbocycles. The third-order valence-electron chi connectivity index (χ3n) is 4.12. The van der Waals surface area contributed by atoms with E-state index in [4.69, 9.17) is 9.47 Å². The van der Waals surface area contributed by atoms with Gasteiger partial charge in [0.1, 0.15) is 11.5 Å². The fourth-order valence-electron chi connectivity index (χ4n) is 2.70. The number of nitrogens with one attached hydrogen (secondary N) is 1. The van der Waals surface area contributed by atoms with Crippen molar-refractivity contribution in [3.63, 3.8) is 0 Å². The van der Waals surface area contributed by atoms with Crippen LogP contribution in [0.15, 0.2) is 47.6 Å². The lowest BCUT2D eigenvalue weighted by molar-refractivity contribution is -0.113. The molecule has 3 aromatic rings. The number of nitrogens with zero attached hydrogens (tertiary/aromatic N) is 3. The third kappa shape index (κ3) is 4.45. The molecule has 0 unspecified atom stereocenters. The number of benzene rings is 2. The standard InChI is InChI=1S/C20H22N4O3S/c1-13-6-5-7-14(10-13)19-22-23-20(24(19)2)28-12-18(25)21-16-11-15(26-3)8-9-17(16)27-4/h5-11H,12H2,1-4H3,(H,21,25). The maximum atomic E-state index is 12.4. The van der Waals surface area contributed by atoms with Crippen LogP contribution in [0.4, 0.5) is 5.69 Å². The number of aromatic nitrogens is 3. The number of rotatable bonds is 7. The van der Waals surface area contributed by atoms with Gasteiger partial charge in [-0.1, -0.05) is 35.5 Å². The number of aryl methyl sites for hydroxylation is 1. The average molecular weight is 398 g/mol. The van der Waals surface area contributed by atoms with Gasteiger partial charge in [0.05, 0.1) is 25.7 Å². The lowest BCUT2D eigenvalue weighted by Crippen LogP contribution is -2.15. The van der Waals surface area contributed by atoms with E-state index < -0.39 is 0 Å². The summed E-state index contributed by atoms with van der Waals surface area (Å²) in [7, 11) is 5.02. The average Bonchev–Trinajstić information content (AvgIpc) is 3.06. The highest BCUT2D eigenvalue weighted by molar-refractivity contribution is 7.99. The summed E-state index contributed by atoms with van der Waals surface area (Å²) in [5.74, 6) is 2.00. The summed E-state index contributed by atoms with van der Waals surface area (Å²) in [6.45, 7) is 2.03. The molecule has 0 saturated carbocycles. The van der Waals surface area contributed by atoms with Gasteiger partial charge in [-0.15, -0.1) is 10.2 Å². The lowest BCUT2D eigenvalue weighted by Gasteiger charge is -2.11. The van der Waals surface area contributed by atoms with Crippen LogP contribution in [-0.2, 0) is 11.8 Å². The Labute approximate surface area is 168 Å². The zero-order valence-electron chi connectivity index (χ0n) is 16.2. The highest BCUT2D eigenvalue weighted by Gasteiger charge is 2.14. The molecule has 0 aliphatic rings. The van der Waals surface area contributed by atoms with Crippen LogP contribution in [0.25, 0.3) is 11.4 Å². The number of carbonyl (C=O) groups excluding carboxylic acids is 1. The second-order valence-corrected chi connectivity index (χ2v) is 7.08. The molecule has 0 atom stereocenters. The monoisotopic (exact) mass is 398 g/mol. The number of thioether (sulfide) groups is 1. The quantitative estimate of drug-likeness (QED) is 0.614. The van der Waals surface area contributed by atoms with E-state index in [1.165, 1.54) is 11.8 Å². The minimum atomic E-state index is -0.170. The summed E-state index contributed by atoms with van der Waals surface area (Å²) >= 11 is 1.32. The molecule has 3 rings (SSSR count). The predicted molar refractivity (Wildman–Crippen MR) is 110 cm³/mol. The van der Waals surface area contributed by atoms with Gasteiger partial charge in [-0.2, -0.15) is 0 Å². The van der Waals surface area contributed by atoms with Crippen LogP contribution < -0.4 is 14.8 Å². The highest BCUT2D eigenvalue weighted by Crippen LogP contribution is 2.29. The Morgan fingerprint density at radius 1 is 1.14 bits per heavy atom. The van der Waals surface area contributed by atoms with Gasteiger partial charge >= 0.3 is 0 Å². The normalized spacial score (nSPS) is 10.6. The summed E-state index contributed by atoms with van der Waals surface area (Å²) < 4.78 is 12.4. The molecule has 1 aromatic heterocycles. The Hall–Kier alpha value is -3.00. The molecule has 7 nitrogen and oxygen atoms in total. The van der Waals surface area contributed by atoms with Crippen molar-refractivity contribution in [1.29, 1.82) is 0 Å². The second-order valence-electron chi connectivity index (χ2n) is 6.14. The topological polar surface area (TPSA) is 78.3 Å². The van der Waals surface area contributed by atoms with Gasteiger partial charge in [0.25, 0.3) is 0 Å². The number of methoxy groups -OCH3 is 2. The zero-order chi connectivity index (χ0) is 20.1. The maximum absolute atomic E-state index is 12.4. The van der Waals surface area contributed by atoms with Gasteiger partial charge in [0.2, 0.25) is 5.91 Å². The van der Waals surface area contributed by atoms with Crippen molar-refractivity contribution in [3.05, 3.63) is 48.0 Å². The number of anilines is 1. The molecule has 0 aliphatic heterocycles. The van der Waals surface area contributed by atoms with Crippen molar-refractivity contribution in [2.24, 2.45) is 7.05 Å². The summed E-state index contributed by atoms with van der Waals surface area (Å²) in [6.07, 6.45) is 0. The first-order valence-corrected chi connectivity index (χ1v) is 9.61. The van der Waals surface area contributed by atoms with Crippen LogP contribution in [0.3, 0.4) is 0 Å². The SMILES string of the molecule is COc1ccc(OC)c(NC(=O)CSc2nnc(-c3cccc(C)c3)n2C)c1. The van der Waals surface area contributed by atoms with Gasteiger partial charge in [0, 0.05) is 18.7 Å². The van der Waals surface area contributed by atoms with E-state index in [0.717, 1.165) is 17.0 Å². The van der Waals surface area contributed by atoms with E-state index in [1.807, 2.05) is 36.7 Å². The number of hydrogen-bond donors (Lipinski definition) is 1. The molecular formula is C20H22N4O3S. The first-order valence-electron chi connectivity index (χ1n) is 8.63. The van der Waals surface area contributed by atoms with E-state index in [-0.39, 0.29) is 11.7 Å².